The Morgan fingerprint density at radius 1 is 1.24 bits per heavy atom. The van der Waals surface area contributed by atoms with Crippen LogP contribution in [0, 0.1) is 5.92 Å². The molecule has 2 fully saturated rings. The van der Waals surface area contributed by atoms with Crippen LogP contribution in [-0.4, -0.2) is 60.0 Å². The fourth-order valence-electron chi connectivity index (χ4n) is 2.92. The van der Waals surface area contributed by atoms with Crippen molar-refractivity contribution in [2.24, 2.45) is 5.92 Å². The van der Waals surface area contributed by atoms with Crippen LogP contribution in [0.25, 0.3) is 0 Å². The van der Waals surface area contributed by atoms with Crippen molar-refractivity contribution in [3.63, 3.8) is 0 Å². The molecule has 1 atom stereocenters. The van der Waals surface area contributed by atoms with Crippen molar-refractivity contribution in [2.75, 3.05) is 44.2 Å². The number of aromatic nitrogens is 2. The molecule has 0 aromatic carbocycles. The Morgan fingerprint density at radius 3 is 2.57 bits per heavy atom. The largest absolute Gasteiger partial charge is 0.339 e. The lowest BCUT2D eigenvalue weighted by Crippen LogP contribution is -2.52. The number of hydrogen-bond donors (Lipinski definition) is 1. The van der Waals surface area contributed by atoms with E-state index in [2.05, 4.69) is 36.1 Å². The lowest BCUT2D eigenvalue weighted by Gasteiger charge is -2.37. The van der Waals surface area contributed by atoms with Crippen LogP contribution in [0.4, 0.5) is 5.95 Å². The van der Waals surface area contributed by atoms with Crippen LogP contribution < -0.4 is 10.2 Å². The van der Waals surface area contributed by atoms with Gasteiger partial charge in [-0.3, -0.25) is 4.79 Å². The van der Waals surface area contributed by atoms with E-state index in [0.29, 0.717) is 5.91 Å². The smallest absolute Gasteiger partial charge is 0.227 e. The Labute approximate surface area is 133 Å². The second-order valence-electron chi connectivity index (χ2n) is 5.56. The number of piperazine rings is 1. The molecule has 7 heteroatoms. The average Bonchev–Trinajstić information content (AvgIpc) is 2.56. The number of carbonyl (C=O) groups is 1. The first-order chi connectivity index (χ1) is 10.2. The zero-order valence-corrected chi connectivity index (χ0v) is 13.5. The Kier molecular flexibility index (Phi) is 4.70. The maximum absolute atomic E-state index is 12.5. The lowest BCUT2D eigenvalue weighted by molar-refractivity contribution is -0.136. The summed E-state index contributed by atoms with van der Waals surface area (Å²) in [7, 11) is 0. The molecule has 3 heterocycles. The molecule has 1 aromatic rings. The van der Waals surface area contributed by atoms with E-state index >= 15 is 0 Å². The highest BCUT2D eigenvalue weighted by Crippen LogP contribution is 2.17. The number of halogens is 1. The van der Waals surface area contributed by atoms with Crippen LogP contribution >= 0.6 is 15.9 Å². The van der Waals surface area contributed by atoms with Crippen molar-refractivity contribution in [1.82, 2.24) is 20.2 Å². The van der Waals surface area contributed by atoms with Crippen molar-refractivity contribution in [3.8, 4) is 0 Å². The van der Waals surface area contributed by atoms with E-state index < -0.39 is 0 Å². The molecule has 2 saturated heterocycles. The third-order valence-corrected chi connectivity index (χ3v) is 4.54. The maximum Gasteiger partial charge on any atom is 0.227 e. The molecule has 1 N–H and O–H groups in total. The van der Waals surface area contributed by atoms with Gasteiger partial charge >= 0.3 is 0 Å². The molecule has 0 radical (unpaired) electrons. The van der Waals surface area contributed by atoms with Crippen LogP contribution in [0.1, 0.15) is 12.8 Å². The third-order valence-electron chi connectivity index (χ3n) is 4.13. The number of nitrogens with one attached hydrogen (secondary N) is 1. The van der Waals surface area contributed by atoms with E-state index in [4.69, 9.17) is 0 Å². The molecule has 1 unspecified atom stereocenters. The Hall–Kier alpha value is -1.21. The zero-order valence-electron chi connectivity index (χ0n) is 12.0. The Balaban J connectivity index is 1.54. The topological polar surface area (TPSA) is 61.4 Å². The summed E-state index contributed by atoms with van der Waals surface area (Å²) >= 11 is 3.34. The van der Waals surface area contributed by atoms with E-state index in [1.54, 1.807) is 12.4 Å². The molecule has 21 heavy (non-hydrogen) atoms. The first kappa shape index (κ1) is 14.7. The predicted octanol–water partition coefficient (Wildman–Crippen LogP) is 0.887. The average molecular weight is 354 g/mol. The van der Waals surface area contributed by atoms with Crippen LogP contribution in [-0.2, 0) is 4.79 Å². The number of anilines is 1. The van der Waals surface area contributed by atoms with Gasteiger partial charge in [-0.25, -0.2) is 9.97 Å². The van der Waals surface area contributed by atoms with Gasteiger partial charge in [-0.2, -0.15) is 0 Å². The summed E-state index contributed by atoms with van der Waals surface area (Å²) < 4.78 is 0.880. The van der Waals surface area contributed by atoms with Gasteiger partial charge in [0.25, 0.3) is 0 Å². The first-order valence-electron chi connectivity index (χ1n) is 7.46. The Bertz CT molecular complexity index is 481. The molecule has 0 saturated carbocycles. The summed E-state index contributed by atoms with van der Waals surface area (Å²) in [6, 6.07) is 0. The molecular formula is C14H20BrN5O. The number of amides is 1. The quantitative estimate of drug-likeness (QED) is 0.855. The molecule has 3 rings (SSSR count). The first-order valence-corrected chi connectivity index (χ1v) is 8.25. The summed E-state index contributed by atoms with van der Waals surface area (Å²) in [4.78, 5) is 25.2. The van der Waals surface area contributed by atoms with Gasteiger partial charge in [0.05, 0.1) is 10.4 Å². The van der Waals surface area contributed by atoms with Crippen LogP contribution in [0.3, 0.4) is 0 Å². The SMILES string of the molecule is O=C(C1CCCNC1)N1CCN(c2ncc(Br)cn2)CC1. The summed E-state index contributed by atoms with van der Waals surface area (Å²) in [5.74, 6) is 1.21. The highest BCUT2D eigenvalue weighted by molar-refractivity contribution is 9.10. The molecule has 114 valence electrons. The molecule has 2 aliphatic rings. The third kappa shape index (κ3) is 3.52. The van der Waals surface area contributed by atoms with E-state index in [-0.39, 0.29) is 5.92 Å². The van der Waals surface area contributed by atoms with E-state index in [0.717, 1.165) is 62.5 Å². The number of hydrogen-bond acceptors (Lipinski definition) is 5. The van der Waals surface area contributed by atoms with E-state index in [9.17, 15) is 4.79 Å². The van der Waals surface area contributed by atoms with Gasteiger partial charge in [0.1, 0.15) is 0 Å². The molecule has 0 spiro atoms. The summed E-state index contributed by atoms with van der Waals surface area (Å²) in [6.45, 7) is 4.98. The van der Waals surface area contributed by atoms with Gasteiger partial charge in [-0.1, -0.05) is 0 Å². The molecule has 6 nitrogen and oxygen atoms in total. The number of nitrogens with zero attached hydrogens (tertiary/aromatic N) is 4. The zero-order chi connectivity index (χ0) is 14.7. The van der Waals surface area contributed by atoms with Gasteiger partial charge in [-0.15, -0.1) is 0 Å². The summed E-state index contributed by atoms with van der Waals surface area (Å²) in [5, 5.41) is 3.31. The number of carbonyl (C=O) groups excluding carboxylic acids is 1. The second kappa shape index (κ2) is 6.70. The van der Waals surface area contributed by atoms with Gasteiger partial charge in [0.15, 0.2) is 0 Å². The molecule has 0 bridgehead atoms. The predicted molar refractivity (Wildman–Crippen MR) is 84.1 cm³/mol. The highest BCUT2D eigenvalue weighted by Gasteiger charge is 2.28. The normalized spacial score (nSPS) is 23.2. The Morgan fingerprint density at radius 2 is 1.95 bits per heavy atom. The maximum atomic E-state index is 12.5. The van der Waals surface area contributed by atoms with Gasteiger partial charge in [0, 0.05) is 45.1 Å². The van der Waals surface area contributed by atoms with Crippen LogP contribution in [0.5, 0.6) is 0 Å². The lowest BCUT2D eigenvalue weighted by atomic mass is 9.98. The fourth-order valence-corrected chi connectivity index (χ4v) is 3.12. The van der Waals surface area contributed by atoms with Crippen LogP contribution in [0.15, 0.2) is 16.9 Å². The van der Waals surface area contributed by atoms with Crippen molar-refractivity contribution in [2.45, 2.75) is 12.8 Å². The highest BCUT2D eigenvalue weighted by atomic mass is 79.9. The second-order valence-corrected chi connectivity index (χ2v) is 6.47. The minimum absolute atomic E-state index is 0.161. The van der Waals surface area contributed by atoms with Crippen molar-refractivity contribution < 1.29 is 4.79 Å². The van der Waals surface area contributed by atoms with Crippen molar-refractivity contribution in [3.05, 3.63) is 16.9 Å². The van der Waals surface area contributed by atoms with Crippen LogP contribution in [0.2, 0.25) is 0 Å². The van der Waals surface area contributed by atoms with Crippen molar-refractivity contribution >= 4 is 27.8 Å². The van der Waals surface area contributed by atoms with Gasteiger partial charge in [-0.05, 0) is 35.3 Å². The number of rotatable bonds is 2. The van der Waals surface area contributed by atoms with E-state index in [1.165, 1.54) is 0 Å². The summed E-state index contributed by atoms with van der Waals surface area (Å²) in [5.41, 5.74) is 0. The van der Waals surface area contributed by atoms with Crippen molar-refractivity contribution in [1.29, 1.82) is 0 Å². The minimum atomic E-state index is 0.161. The van der Waals surface area contributed by atoms with E-state index in [1.807, 2.05) is 4.90 Å². The minimum Gasteiger partial charge on any atom is -0.339 e. The van der Waals surface area contributed by atoms with Gasteiger partial charge in [0.2, 0.25) is 11.9 Å². The molecule has 1 aromatic heterocycles. The van der Waals surface area contributed by atoms with Gasteiger partial charge < -0.3 is 15.1 Å². The fraction of sp³-hybridized carbons (Fsp3) is 0.643. The molecule has 0 aliphatic carbocycles. The summed E-state index contributed by atoms with van der Waals surface area (Å²) in [6.07, 6.45) is 5.63. The molecule has 1 amide bonds. The monoisotopic (exact) mass is 353 g/mol. The standard InChI is InChI=1S/C14H20BrN5O/c15-12-9-17-14(18-10-12)20-6-4-19(5-7-20)13(21)11-2-1-3-16-8-11/h9-11,16H,1-8H2. The molecular weight excluding hydrogens is 334 g/mol. The molecule has 2 aliphatic heterocycles. The number of piperidine rings is 1.